The average molecular weight is 846 g/mol. The first-order valence-electron chi connectivity index (χ1n) is 22.0. The molecule has 0 unspecified atom stereocenters. The number of aromatic nitrogens is 3. The monoisotopic (exact) mass is 845 g/mol. The van der Waals surface area contributed by atoms with E-state index in [1.54, 1.807) is 0 Å². The highest BCUT2D eigenvalue weighted by Gasteiger charge is 2.51. The smallest absolute Gasteiger partial charge is 0.160 e. The molecule has 5 heteroatoms. The topological polar surface area (TPSA) is 47.9 Å². The zero-order valence-electron chi connectivity index (χ0n) is 34.9. The Labute approximate surface area is 378 Å². The molecule has 1 aliphatic carbocycles. The summed E-state index contributed by atoms with van der Waals surface area (Å²) in [6, 6.07) is 75.7. The first-order valence-corrected chi connectivity index (χ1v) is 22.8. The van der Waals surface area contributed by atoms with Crippen molar-refractivity contribution in [2.75, 3.05) is 0 Å². The molecular formula is C60H35N3OS. The maximum Gasteiger partial charge on any atom is 0.160 e. The molecule has 4 heterocycles. The Balaban J connectivity index is 1.00. The Morgan fingerprint density at radius 3 is 1.88 bits per heavy atom. The fourth-order valence-electron chi connectivity index (χ4n) is 10.8. The lowest BCUT2D eigenvalue weighted by Gasteiger charge is -2.39. The van der Waals surface area contributed by atoms with Crippen LogP contribution in [0.5, 0.6) is 11.5 Å². The number of benzene rings is 9. The minimum atomic E-state index is -0.572. The molecule has 0 N–H and O–H groups in total. The minimum Gasteiger partial charge on any atom is -0.457 e. The van der Waals surface area contributed by atoms with Gasteiger partial charge in [0, 0.05) is 69.7 Å². The highest BCUT2D eigenvalue weighted by Crippen LogP contribution is 2.63. The molecule has 0 amide bonds. The summed E-state index contributed by atoms with van der Waals surface area (Å²) in [4.78, 5) is 16.1. The van der Waals surface area contributed by atoms with Crippen LogP contribution in [0.25, 0.3) is 98.1 Å². The molecule has 0 fully saturated rings. The van der Waals surface area contributed by atoms with E-state index in [1.165, 1.54) is 47.8 Å². The Hall–Kier alpha value is -8.25. The molecule has 0 bridgehead atoms. The zero-order chi connectivity index (χ0) is 42.6. The molecule has 9 aromatic carbocycles. The van der Waals surface area contributed by atoms with Gasteiger partial charge in [-0.1, -0.05) is 176 Å². The second-order valence-electron chi connectivity index (χ2n) is 17.0. The first kappa shape index (κ1) is 36.3. The van der Waals surface area contributed by atoms with Crippen LogP contribution >= 0.6 is 11.3 Å². The SMILES string of the molecule is c1ccc(-c2nc(-c3cccc(-c4nc5ccccc5c5c6c(ccc45)C4(c5ccccc5Oc5ccccc54)c4ccccc4-6)c3)cc(-c3cccc4c3sc3ccccc34)n2)cc1. The number of hydrogen-bond acceptors (Lipinski definition) is 5. The number of ether oxygens (including phenoxy) is 1. The quantitative estimate of drug-likeness (QED) is 0.166. The summed E-state index contributed by atoms with van der Waals surface area (Å²) < 4.78 is 9.14. The zero-order valence-corrected chi connectivity index (χ0v) is 35.7. The van der Waals surface area contributed by atoms with Gasteiger partial charge in [-0.25, -0.2) is 15.0 Å². The molecule has 0 saturated heterocycles. The predicted molar refractivity (Wildman–Crippen MR) is 267 cm³/mol. The molecule has 14 rings (SSSR count). The number of para-hydroxylation sites is 3. The van der Waals surface area contributed by atoms with Gasteiger partial charge in [-0.05, 0) is 58.7 Å². The van der Waals surface area contributed by atoms with Crippen molar-refractivity contribution in [3.05, 3.63) is 235 Å². The van der Waals surface area contributed by atoms with Crippen molar-refractivity contribution in [1.29, 1.82) is 0 Å². The molecular weight excluding hydrogens is 811 g/mol. The van der Waals surface area contributed by atoms with Crippen molar-refractivity contribution in [1.82, 2.24) is 15.0 Å². The maximum atomic E-state index is 6.65. The van der Waals surface area contributed by atoms with Gasteiger partial charge in [0.1, 0.15) is 11.5 Å². The fraction of sp³-hybridized carbons (Fsp3) is 0.0167. The van der Waals surface area contributed by atoms with Crippen molar-refractivity contribution in [2.45, 2.75) is 5.41 Å². The van der Waals surface area contributed by atoms with E-state index in [1.807, 2.05) is 29.5 Å². The second-order valence-corrected chi connectivity index (χ2v) is 18.0. The van der Waals surface area contributed by atoms with Crippen molar-refractivity contribution in [3.63, 3.8) is 0 Å². The lowest BCUT2D eigenvalue weighted by molar-refractivity contribution is 0.436. The summed E-state index contributed by atoms with van der Waals surface area (Å²) in [7, 11) is 0. The third-order valence-corrected chi connectivity index (χ3v) is 14.8. The lowest BCUT2D eigenvalue weighted by Crippen LogP contribution is -2.32. The van der Waals surface area contributed by atoms with E-state index in [0.29, 0.717) is 5.82 Å². The van der Waals surface area contributed by atoms with Gasteiger partial charge in [-0.3, -0.25) is 0 Å². The van der Waals surface area contributed by atoms with E-state index in [9.17, 15) is 0 Å². The summed E-state index contributed by atoms with van der Waals surface area (Å²) in [6.07, 6.45) is 0. The lowest BCUT2D eigenvalue weighted by atomic mass is 9.66. The van der Waals surface area contributed by atoms with E-state index in [-0.39, 0.29) is 0 Å². The standard InChI is InChI=1S/C60H35N3OS/c1-2-16-36(17-3-1)59-62-50(35-51(63-59)43-24-15-23-40-39-20-6-13-31-54(39)65-58(40)43)37-18-14-19-38(34-37)57-44-32-33-48-56(55(44)42-22-5-10-28-49(42)61-57)41-21-4-7-25-45(41)60(48)46-26-8-11-29-52(46)64-53-30-12-9-27-47(53)60/h1-35H. The Bertz CT molecular complexity index is 3900. The largest absolute Gasteiger partial charge is 0.457 e. The molecule has 0 atom stereocenters. The number of rotatable bonds is 4. The molecule has 65 heavy (non-hydrogen) atoms. The summed E-state index contributed by atoms with van der Waals surface area (Å²) in [5.41, 5.74) is 14.4. The second kappa shape index (κ2) is 13.9. The van der Waals surface area contributed by atoms with Gasteiger partial charge < -0.3 is 4.74 Å². The average Bonchev–Trinajstić information content (AvgIpc) is 3.90. The van der Waals surface area contributed by atoms with Crippen LogP contribution in [0.2, 0.25) is 0 Å². The molecule has 3 aromatic heterocycles. The summed E-state index contributed by atoms with van der Waals surface area (Å²) in [5, 5.41) is 5.94. The van der Waals surface area contributed by atoms with Gasteiger partial charge in [0.25, 0.3) is 0 Å². The highest BCUT2D eigenvalue weighted by molar-refractivity contribution is 7.26. The molecule has 2 aliphatic rings. The third kappa shape index (κ3) is 5.21. The van der Waals surface area contributed by atoms with Crippen LogP contribution in [-0.2, 0) is 5.41 Å². The van der Waals surface area contributed by atoms with E-state index in [4.69, 9.17) is 19.7 Å². The summed E-state index contributed by atoms with van der Waals surface area (Å²) >= 11 is 1.82. The van der Waals surface area contributed by atoms with E-state index in [2.05, 4.69) is 194 Å². The third-order valence-electron chi connectivity index (χ3n) is 13.5. The van der Waals surface area contributed by atoms with Crippen LogP contribution in [0, 0.1) is 0 Å². The van der Waals surface area contributed by atoms with Crippen LogP contribution < -0.4 is 4.74 Å². The van der Waals surface area contributed by atoms with Gasteiger partial charge in [-0.15, -0.1) is 11.3 Å². The van der Waals surface area contributed by atoms with Crippen LogP contribution in [0.4, 0.5) is 0 Å². The van der Waals surface area contributed by atoms with Crippen LogP contribution in [0.1, 0.15) is 22.3 Å². The van der Waals surface area contributed by atoms with Crippen molar-refractivity contribution in [3.8, 4) is 67.8 Å². The molecule has 0 saturated carbocycles. The number of thiophene rings is 1. The van der Waals surface area contributed by atoms with Crippen LogP contribution in [-0.4, -0.2) is 15.0 Å². The molecule has 12 aromatic rings. The number of hydrogen-bond donors (Lipinski definition) is 0. The molecule has 0 radical (unpaired) electrons. The number of fused-ring (bicyclic) bond motifs is 16. The maximum absolute atomic E-state index is 6.65. The van der Waals surface area contributed by atoms with Gasteiger partial charge in [0.2, 0.25) is 0 Å². The number of pyridine rings is 1. The van der Waals surface area contributed by atoms with Crippen molar-refractivity contribution < 1.29 is 4.74 Å². The Morgan fingerprint density at radius 1 is 0.400 bits per heavy atom. The molecule has 1 aliphatic heterocycles. The van der Waals surface area contributed by atoms with Crippen molar-refractivity contribution in [2.24, 2.45) is 0 Å². The first-order chi connectivity index (χ1) is 32.2. The van der Waals surface area contributed by atoms with Gasteiger partial charge in [-0.2, -0.15) is 0 Å². The van der Waals surface area contributed by atoms with E-state index < -0.39 is 5.41 Å². The number of nitrogens with zero attached hydrogens (tertiary/aromatic N) is 3. The minimum absolute atomic E-state index is 0.572. The Kier molecular flexibility index (Phi) is 7.74. The molecule has 1 spiro atoms. The van der Waals surface area contributed by atoms with Crippen molar-refractivity contribution >= 4 is 53.2 Å². The highest BCUT2D eigenvalue weighted by atomic mass is 32.1. The predicted octanol–water partition coefficient (Wildman–Crippen LogP) is 15.7. The Morgan fingerprint density at radius 2 is 1.03 bits per heavy atom. The van der Waals surface area contributed by atoms with Gasteiger partial charge >= 0.3 is 0 Å². The fourth-order valence-corrected chi connectivity index (χ4v) is 12.1. The van der Waals surface area contributed by atoms with Crippen LogP contribution in [0.15, 0.2) is 212 Å². The van der Waals surface area contributed by atoms with Crippen LogP contribution in [0.3, 0.4) is 0 Å². The summed E-state index contributed by atoms with van der Waals surface area (Å²) in [6.45, 7) is 0. The van der Waals surface area contributed by atoms with E-state index >= 15 is 0 Å². The molecule has 4 nitrogen and oxygen atoms in total. The van der Waals surface area contributed by atoms with E-state index in [0.717, 1.165) is 78.3 Å². The summed E-state index contributed by atoms with van der Waals surface area (Å²) in [5.74, 6) is 2.46. The normalized spacial score (nSPS) is 13.2. The molecule has 302 valence electrons. The van der Waals surface area contributed by atoms with Gasteiger partial charge in [0.05, 0.1) is 28.0 Å². The van der Waals surface area contributed by atoms with Gasteiger partial charge in [0.15, 0.2) is 5.82 Å².